The smallest absolute Gasteiger partial charge is 0.759 e. The van der Waals surface area contributed by atoms with E-state index < -0.39 is 20.8 Å². The van der Waals surface area contributed by atoms with Crippen molar-refractivity contribution >= 4 is 20.8 Å². The van der Waals surface area contributed by atoms with Crippen molar-refractivity contribution in [2.75, 3.05) is 0 Å². The van der Waals surface area contributed by atoms with Gasteiger partial charge in [0.2, 0.25) is 0 Å². The third-order valence-corrected chi connectivity index (χ3v) is 0. The van der Waals surface area contributed by atoms with Gasteiger partial charge in [-0.1, -0.05) is 0 Å². The Kier molecular flexibility index (Phi) is 137. The van der Waals surface area contributed by atoms with Crippen LogP contribution in [0.2, 0.25) is 0 Å². The van der Waals surface area contributed by atoms with Crippen molar-refractivity contribution in [2.24, 2.45) is 0 Å². The zero-order chi connectivity index (χ0) is 9.00. The molecule has 18 heteroatoms. The molecule has 0 aliphatic heterocycles. The Labute approximate surface area is 112 Å². The quantitative estimate of drug-likeness (QED) is 0.222. The van der Waals surface area contributed by atoms with Crippen LogP contribution in [0, 0.1) is 0 Å². The van der Waals surface area contributed by atoms with E-state index in [4.69, 9.17) is 35.0 Å². The summed E-state index contributed by atoms with van der Waals surface area (Å²) >= 11 is 0. The topological polar surface area (TPSA) is 381 Å². The summed E-state index contributed by atoms with van der Waals surface area (Å²) in [6.07, 6.45) is 0. The summed E-state index contributed by atoms with van der Waals surface area (Å²) in [6.45, 7) is 0. The first-order valence-electron chi connectivity index (χ1n) is 1.33. The van der Waals surface area contributed by atoms with Crippen molar-refractivity contribution in [3.63, 3.8) is 0 Å². The molecule has 0 amide bonds. The van der Waals surface area contributed by atoms with Crippen LogP contribution >= 0.6 is 0 Å². The van der Waals surface area contributed by atoms with E-state index in [1.165, 1.54) is 0 Å². The van der Waals surface area contributed by atoms with Gasteiger partial charge in [-0.2, -0.15) is 0 Å². The van der Waals surface area contributed by atoms with E-state index in [9.17, 15) is 0 Å². The maximum Gasteiger partial charge on any atom is 2.00 e. The molecular formula is H14MnO15S2-2. The minimum absolute atomic E-state index is 0. The molecule has 1 radical (unpaired) electrons. The first kappa shape index (κ1) is 81.4. The van der Waals surface area contributed by atoms with Gasteiger partial charge in [0.15, 0.2) is 0 Å². The van der Waals surface area contributed by atoms with Gasteiger partial charge in [0.1, 0.15) is 0 Å². The van der Waals surface area contributed by atoms with Crippen LogP contribution in [0.3, 0.4) is 0 Å². The summed E-state index contributed by atoms with van der Waals surface area (Å²) in [7, 11) is -10.3. The molecule has 15 nitrogen and oxygen atoms in total. The van der Waals surface area contributed by atoms with Crippen molar-refractivity contribution in [3.05, 3.63) is 0 Å². The van der Waals surface area contributed by atoms with E-state index in [1.807, 2.05) is 0 Å². The van der Waals surface area contributed by atoms with E-state index in [2.05, 4.69) is 0 Å². The second-order valence-corrected chi connectivity index (χ2v) is 2.45. The first-order valence-corrected chi connectivity index (χ1v) is 4.00. The predicted molar refractivity (Wildman–Crippen MR) is 46.2 cm³/mol. The van der Waals surface area contributed by atoms with E-state index in [1.54, 1.807) is 0 Å². The second-order valence-electron chi connectivity index (χ2n) is 0.816. The molecule has 14 N–H and O–H groups in total. The largest absolute Gasteiger partial charge is 2.00 e. The van der Waals surface area contributed by atoms with E-state index in [0.29, 0.717) is 0 Å². The van der Waals surface area contributed by atoms with Crippen LogP contribution in [0.5, 0.6) is 0 Å². The molecule has 0 aliphatic carbocycles. The summed E-state index contributed by atoms with van der Waals surface area (Å²) in [5.74, 6) is 0. The summed E-state index contributed by atoms with van der Waals surface area (Å²) < 4.78 is 68.2. The fraction of sp³-hybridized carbons (Fsp3) is 0. The Balaban J connectivity index is -0.00000000615. The molecule has 0 aromatic carbocycles. The summed E-state index contributed by atoms with van der Waals surface area (Å²) in [5, 5.41) is 0. The SMILES string of the molecule is O.O.O.O.O.O.O.O=S(=O)([O-])[O-].O=S(=O)([O-])[O-].[Mn+2]. The molecule has 0 aromatic heterocycles. The van der Waals surface area contributed by atoms with Crippen LogP contribution in [0.4, 0.5) is 0 Å². The maximum atomic E-state index is 8.52. The average Bonchev–Trinajstić information content (AvgIpc) is 1.12. The van der Waals surface area contributed by atoms with Crippen molar-refractivity contribution in [1.82, 2.24) is 0 Å². The minimum atomic E-state index is -5.17. The average molecular weight is 373 g/mol. The van der Waals surface area contributed by atoms with Gasteiger partial charge < -0.3 is 56.5 Å². The summed E-state index contributed by atoms with van der Waals surface area (Å²) in [6, 6.07) is 0. The minimum Gasteiger partial charge on any atom is -0.759 e. The molecule has 0 saturated carbocycles. The molecule has 0 aliphatic rings. The number of rotatable bonds is 0. The summed E-state index contributed by atoms with van der Waals surface area (Å²) in [5.41, 5.74) is 0. The standard InChI is InChI=1S/Mn.2H2O4S.7H2O/c;2*1-5(2,3)4;;;;;;;/h;2*(H2,1,2,3,4);7*1H2/q+2;;;;;;;;;/p-4. The van der Waals surface area contributed by atoms with E-state index in [0.717, 1.165) is 0 Å². The van der Waals surface area contributed by atoms with Crippen LogP contribution < -0.4 is 0 Å². The molecular weight excluding hydrogens is 359 g/mol. The van der Waals surface area contributed by atoms with Gasteiger partial charge in [0.25, 0.3) is 0 Å². The fourth-order valence-electron chi connectivity index (χ4n) is 0. The Morgan fingerprint density at radius 3 is 0.444 bits per heavy atom. The molecule has 125 valence electrons. The Bertz CT molecular complexity index is 211. The second kappa shape index (κ2) is 30.2. The van der Waals surface area contributed by atoms with Gasteiger partial charge in [-0.25, -0.2) is 0 Å². The van der Waals surface area contributed by atoms with Crippen LogP contribution in [0.15, 0.2) is 0 Å². The number of hydrogen-bond donors (Lipinski definition) is 0. The molecule has 0 spiro atoms. The fourth-order valence-corrected chi connectivity index (χ4v) is 0. The predicted octanol–water partition coefficient (Wildman–Crippen LogP) is -8.45. The van der Waals surface area contributed by atoms with Gasteiger partial charge >= 0.3 is 17.1 Å². The molecule has 0 fully saturated rings. The Morgan fingerprint density at radius 1 is 0.444 bits per heavy atom. The first-order chi connectivity index (χ1) is 4.00. The molecule has 0 saturated heterocycles. The van der Waals surface area contributed by atoms with Gasteiger partial charge in [0.05, 0.1) is 0 Å². The number of hydrogen-bond acceptors (Lipinski definition) is 8. The molecule has 0 heterocycles. The molecule has 0 rings (SSSR count). The van der Waals surface area contributed by atoms with Crippen LogP contribution in [-0.2, 0) is 37.9 Å². The van der Waals surface area contributed by atoms with Gasteiger partial charge in [-0.15, -0.1) is 0 Å². The Morgan fingerprint density at radius 2 is 0.444 bits per heavy atom. The molecule has 0 atom stereocenters. The Hall–Kier alpha value is -0.0205. The van der Waals surface area contributed by atoms with Gasteiger partial charge in [-0.3, -0.25) is 16.8 Å². The maximum absolute atomic E-state index is 8.52. The van der Waals surface area contributed by atoms with Gasteiger partial charge in [0, 0.05) is 20.8 Å². The van der Waals surface area contributed by atoms with Crippen molar-refractivity contribution in [1.29, 1.82) is 0 Å². The monoisotopic (exact) mass is 373 g/mol. The molecule has 0 aromatic rings. The third-order valence-electron chi connectivity index (χ3n) is 0. The van der Waals surface area contributed by atoms with Gasteiger partial charge in [-0.05, 0) is 0 Å². The summed E-state index contributed by atoms with van der Waals surface area (Å²) in [4.78, 5) is 0. The van der Waals surface area contributed by atoms with Crippen molar-refractivity contribution < 1.29 is 90.4 Å². The zero-order valence-corrected chi connectivity index (χ0v) is 10.8. The van der Waals surface area contributed by atoms with Crippen LogP contribution in [-0.4, -0.2) is 73.4 Å². The molecule has 18 heavy (non-hydrogen) atoms. The normalized spacial score (nSPS) is 6.44. The molecule has 0 bridgehead atoms. The third kappa shape index (κ3) is 8520000. The van der Waals surface area contributed by atoms with Crippen LogP contribution in [0.25, 0.3) is 0 Å². The van der Waals surface area contributed by atoms with Crippen LogP contribution in [0.1, 0.15) is 0 Å². The van der Waals surface area contributed by atoms with Crippen molar-refractivity contribution in [3.8, 4) is 0 Å². The molecule has 0 unspecified atom stereocenters. The van der Waals surface area contributed by atoms with Crippen molar-refractivity contribution in [2.45, 2.75) is 0 Å². The van der Waals surface area contributed by atoms with E-state index >= 15 is 0 Å². The van der Waals surface area contributed by atoms with E-state index in [-0.39, 0.29) is 55.4 Å². The zero-order valence-electron chi connectivity index (χ0n) is 7.96.